The van der Waals surface area contributed by atoms with Crippen LogP contribution in [0.3, 0.4) is 0 Å². The second-order valence-electron chi connectivity index (χ2n) is 8.05. The van der Waals surface area contributed by atoms with Crippen LogP contribution in [0.5, 0.6) is 0 Å². The predicted molar refractivity (Wildman–Crippen MR) is 127 cm³/mol. The van der Waals surface area contributed by atoms with Gasteiger partial charge in [-0.15, -0.1) is 0 Å². The average Bonchev–Trinajstić information content (AvgIpc) is 2.84. The van der Waals surface area contributed by atoms with Crippen molar-refractivity contribution in [3.63, 3.8) is 0 Å². The van der Waals surface area contributed by atoms with E-state index < -0.39 is 39.6 Å². The minimum absolute atomic E-state index is 0.00813. The molecular formula is C25H24F2N2O5S. The predicted octanol–water partition coefficient (Wildman–Crippen LogP) is 4.36. The summed E-state index contributed by atoms with van der Waals surface area (Å²) in [6.07, 6.45) is 0. The highest BCUT2D eigenvalue weighted by atomic mass is 32.2. The number of rotatable bonds is 8. The van der Waals surface area contributed by atoms with Crippen LogP contribution < -0.4 is 10.0 Å². The highest BCUT2D eigenvalue weighted by Gasteiger charge is 2.29. The van der Waals surface area contributed by atoms with Crippen LogP contribution in [-0.2, 0) is 19.6 Å². The summed E-state index contributed by atoms with van der Waals surface area (Å²) in [5, 5.41) is 2.60. The lowest BCUT2D eigenvalue weighted by Crippen LogP contribution is -2.44. The number of esters is 1. The zero-order valence-electron chi connectivity index (χ0n) is 19.2. The molecule has 0 aliphatic heterocycles. The Bertz CT molecular complexity index is 1320. The standard InChI is InChI=1S/C25H24F2N2O5S/c1-15(2)23(25(31)34-3)29-35(32,33)20-11-6-17(7-12-20)16-4-9-19(10-5-16)28-24(30)18-8-13-21(26)22(27)14-18/h4-15,23,29H,1-3H3,(H,28,30)/t23-/m0/s1/i26-1. The van der Waals surface area contributed by atoms with Crippen LogP contribution in [-0.4, -0.2) is 33.4 Å². The van der Waals surface area contributed by atoms with Crippen LogP contribution in [0, 0.1) is 17.6 Å². The van der Waals surface area contributed by atoms with E-state index in [-0.39, 0.29) is 16.4 Å². The summed E-state index contributed by atoms with van der Waals surface area (Å²) >= 11 is 0. The number of amides is 1. The fourth-order valence-electron chi connectivity index (χ4n) is 3.23. The van der Waals surface area contributed by atoms with Crippen LogP contribution in [0.25, 0.3) is 11.1 Å². The number of anilines is 1. The van der Waals surface area contributed by atoms with Gasteiger partial charge < -0.3 is 10.1 Å². The third-order valence-corrected chi connectivity index (χ3v) is 6.68. The quantitative estimate of drug-likeness (QED) is 0.447. The van der Waals surface area contributed by atoms with Gasteiger partial charge in [-0.2, -0.15) is 4.72 Å². The van der Waals surface area contributed by atoms with Gasteiger partial charge in [-0.25, -0.2) is 17.2 Å². The van der Waals surface area contributed by atoms with Crippen LogP contribution in [0.4, 0.5) is 14.5 Å². The van der Waals surface area contributed by atoms with E-state index in [0.29, 0.717) is 5.69 Å². The molecule has 35 heavy (non-hydrogen) atoms. The summed E-state index contributed by atoms with van der Waals surface area (Å²) in [4.78, 5) is 24.1. The van der Waals surface area contributed by atoms with E-state index in [1.54, 1.807) is 50.2 Å². The van der Waals surface area contributed by atoms with Gasteiger partial charge in [-0.3, -0.25) is 9.59 Å². The molecule has 1 amide bonds. The fourth-order valence-corrected chi connectivity index (χ4v) is 4.56. The van der Waals surface area contributed by atoms with E-state index in [4.69, 9.17) is 0 Å². The molecule has 0 unspecified atom stereocenters. The molecule has 3 rings (SSSR count). The van der Waals surface area contributed by atoms with Crippen molar-refractivity contribution >= 4 is 27.6 Å². The van der Waals surface area contributed by atoms with Crippen LogP contribution in [0.1, 0.15) is 24.2 Å². The summed E-state index contributed by atoms with van der Waals surface area (Å²) in [6, 6.07) is 14.6. The molecular weight excluding hydrogens is 477 g/mol. The minimum atomic E-state index is -3.96. The highest BCUT2D eigenvalue weighted by molar-refractivity contribution is 7.89. The Morgan fingerprint density at radius 2 is 1.43 bits per heavy atom. The van der Waals surface area contributed by atoms with Crippen molar-refractivity contribution in [1.29, 1.82) is 0 Å². The normalized spacial score (nSPS) is 12.3. The van der Waals surface area contributed by atoms with Crippen LogP contribution in [0.2, 0.25) is 0 Å². The molecule has 1 atom stereocenters. The third-order valence-electron chi connectivity index (χ3n) is 5.23. The minimum Gasteiger partial charge on any atom is -0.468 e. The Morgan fingerprint density at radius 1 is 0.857 bits per heavy atom. The molecule has 0 bridgehead atoms. The van der Waals surface area contributed by atoms with Gasteiger partial charge in [-0.05, 0) is 59.5 Å². The topological polar surface area (TPSA) is 102 Å². The second kappa shape index (κ2) is 10.7. The first-order chi connectivity index (χ1) is 16.5. The third kappa shape index (κ3) is 6.28. The number of methoxy groups -OCH3 is 1. The molecule has 0 saturated heterocycles. The monoisotopic (exact) mass is 501 g/mol. The number of sulfonamides is 1. The van der Waals surface area contributed by atoms with Crippen molar-refractivity contribution in [1.82, 2.24) is 4.72 Å². The number of benzene rings is 3. The van der Waals surface area contributed by atoms with E-state index in [0.717, 1.165) is 23.3 Å². The Labute approximate surface area is 202 Å². The molecule has 0 aliphatic rings. The smallest absolute Gasteiger partial charge is 0.324 e. The molecule has 0 heterocycles. The lowest BCUT2D eigenvalue weighted by Gasteiger charge is -2.19. The van der Waals surface area contributed by atoms with E-state index in [1.807, 2.05) is 0 Å². The summed E-state index contributed by atoms with van der Waals surface area (Å²) in [7, 11) is -2.76. The van der Waals surface area contributed by atoms with Gasteiger partial charge in [0.25, 0.3) is 5.91 Å². The molecule has 0 saturated carbocycles. The largest absolute Gasteiger partial charge is 0.468 e. The van der Waals surface area contributed by atoms with E-state index >= 15 is 0 Å². The van der Waals surface area contributed by atoms with E-state index in [9.17, 15) is 26.8 Å². The molecule has 10 heteroatoms. The van der Waals surface area contributed by atoms with Crippen molar-refractivity contribution in [3.05, 3.63) is 83.9 Å². The first-order valence-corrected chi connectivity index (χ1v) is 12.1. The number of hydrogen-bond acceptors (Lipinski definition) is 5. The molecule has 3 aromatic rings. The molecule has 0 radical (unpaired) electrons. The maximum absolute atomic E-state index is 13.4. The molecule has 0 aliphatic carbocycles. The Balaban J connectivity index is 1.72. The van der Waals surface area contributed by atoms with Crippen molar-refractivity contribution in [2.45, 2.75) is 24.8 Å². The van der Waals surface area contributed by atoms with Crippen LogP contribution in [0.15, 0.2) is 71.6 Å². The van der Waals surface area contributed by atoms with Gasteiger partial charge in [-0.1, -0.05) is 38.1 Å². The summed E-state index contributed by atoms with van der Waals surface area (Å²) in [6.45, 7) is 3.41. The van der Waals surface area contributed by atoms with Gasteiger partial charge in [0.15, 0.2) is 11.6 Å². The first kappa shape index (κ1) is 26.0. The Morgan fingerprint density at radius 3 is 1.94 bits per heavy atom. The van der Waals surface area contributed by atoms with Gasteiger partial charge in [0.1, 0.15) is 6.04 Å². The average molecular weight is 502 g/mol. The Hall–Kier alpha value is -3.63. The summed E-state index contributed by atoms with van der Waals surface area (Å²) in [5.41, 5.74) is 1.89. The van der Waals surface area contributed by atoms with E-state index in [1.165, 1.54) is 25.3 Å². The van der Waals surface area contributed by atoms with E-state index in [2.05, 4.69) is 14.8 Å². The summed E-state index contributed by atoms with van der Waals surface area (Å²) in [5.74, 6) is -3.72. The van der Waals surface area contributed by atoms with Gasteiger partial charge >= 0.3 is 5.97 Å². The lowest BCUT2D eigenvalue weighted by atomic mass is 10.1. The van der Waals surface area contributed by atoms with Gasteiger partial charge in [0.05, 0.1) is 12.0 Å². The summed E-state index contributed by atoms with van der Waals surface area (Å²) < 4.78 is 58.9. The fraction of sp³-hybridized carbons (Fsp3) is 0.200. The number of ether oxygens (including phenoxy) is 1. The van der Waals surface area contributed by atoms with Crippen molar-refractivity contribution in [3.8, 4) is 11.1 Å². The molecule has 0 aromatic heterocycles. The second-order valence-corrected chi connectivity index (χ2v) is 9.76. The van der Waals surface area contributed by atoms with Crippen molar-refractivity contribution in [2.24, 2.45) is 5.92 Å². The Kier molecular flexibility index (Phi) is 7.98. The molecule has 3 aromatic carbocycles. The molecule has 2 N–H and O–H groups in total. The van der Waals surface area contributed by atoms with Crippen molar-refractivity contribution in [2.75, 3.05) is 12.4 Å². The lowest BCUT2D eigenvalue weighted by molar-refractivity contribution is -0.143. The first-order valence-electron chi connectivity index (χ1n) is 10.6. The zero-order chi connectivity index (χ0) is 25.8. The number of halogens is 2. The van der Waals surface area contributed by atoms with Gasteiger partial charge in [0, 0.05) is 11.3 Å². The maximum atomic E-state index is 13.4. The molecule has 184 valence electrons. The maximum Gasteiger partial charge on any atom is 0.324 e. The SMILES string of the molecule is COC(=O)[C@@H](NS(=O)(=O)c1ccc(-c2ccc(NC(=O)c3ccc([18F])c(F)c3)cc2)cc1)C(C)C. The van der Waals surface area contributed by atoms with Gasteiger partial charge in [0.2, 0.25) is 10.0 Å². The molecule has 0 fully saturated rings. The number of nitrogens with one attached hydrogen (secondary N) is 2. The zero-order valence-corrected chi connectivity index (χ0v) is 20.0. The highest BCUT2D eigenvalue weighted by Crippen LogP contribution is 2.24. The number of carbonyl (C=O) groups is 2. The molecule has 0 spiro atoms. The molecule has 7 nitrogen and oxygen atoms in total. The van der Waals surface area contributed by atoms with Crippen LogP contribution >= 0.6 is 0 Å². The van der Waals surface area contributed by atoms with Crippen molar-refractivity contribution < 1.29 is 31.5 Å². The number of carbonyl (C=O) groups excluding carboxylic acids is 2. The number of hydrogen-bond donors (Lipinski definition) is 2.